The fourth-order valence-electron chi connectivity index (χ4n) is 5.09. The number of benzene rings is 1. The third kappa shape index (κ3) is 2.32. The van der Waals surface area contributed by atoms with Crippen molar-refractivity contribution in [3.05, 3.63) is 35.9 Å². The minimum Gasteiger partial charge on any atom is -0.376 e. The number of hydrogen-bond donors (Lipinski definition) is 0. The summed E-state index contributed by atoms with van der Waals surface area (Å²) in [7, 11) is 4.23. The van der Waals surface area contributed by atoms with Crippen LogP contribution in [-0.2, 0) is 4.74 Å². The van der Waals surface area contributed by atoms with Crippen molar-refractivity contribution in [1.29, 1.82) is 0 Å². The Kier molecular flexibility index (Phi) is 4.11. The summed E-state index contributed by atoms with van der Waals surface area (Å²) in [6.45, 7) is 9.28. The van der Waals surface area contributed by atoms with Crippen LogP contribution in [0.1, 0.15) is 45.1 Å². The largest absolute Gasteiger partial charge is 0.376 e. The SMILES string of the molecule is CN(C)CCO[C@@H]1[C@H]2CC[C@@](C)([C@@H]1c1ccccc1)C2(C)C. The minimum atomic E-state index is 0.349. The first kappa shape index (κ1) is 16.0. The van der Waals surface area contributed by atoms with E-state index in [0.29, 0.717) is 28.8 Å². The Morgan fingerprint density at radius 2 is 1.82 bits per heavy atom. The highest BCUT2D eigenvalue weighted by molar-refractivity contribution is 5.31. The van der Waals surface area contributed by atoms with Gasteiger partial charge in [0.1, 0.15) is 0 Å². The summed E-state index contributed by atoms with van der Waals surface area (Å²) in [5.41, 5.74) is 2.17. The lowest BCUT2D eigenvalue weighted by molar-refractivity contribution is -0.0137. The monoisotopic (exact) mass is 301 g/mol. The number of likely N-dealkylation sites (N-methyl/N-ethyl adjacent to an activating group) is 1. The molecule has 0 aliphatic heterocycles. The van der Waals surface area contributed by atoms with Gasteiger partial charge in [0.25, 0.3) is 0 Å². The van der Waals surface area contributed by atoms with E-state index in [9.17, 15) is 0 Å². The highest BCUT2D eigenvalue weighted by Crippen LogP contribution is 2.71. The van der Waals surface area contributed by atoms with Crippen LogP contribution in [0.25, 0.3) is 0 Å². The van der Waals surface area contributed by atoms with Crippen LogP contribution in [0.3, 0.4) is 0 Å². The van der Waals surface area contributed by atoms with E-state index < -0.39 is 0 Å². The van der Waals surface area contributed by atoms with Crippen LogP contribution in [0.5, 0.6) is 0 Å². The van der Waals surface area contributed by atoms with Gasteiger partial charge in [-0.15, -0.1) is 0 Å². The van der Waals surface area contributed by atoms with Gasteiger partial charge in [0.2, 0.25) is 0 Å². The molecule has 22 heavy (non-hydrogen) atoms. The lowest BCUT2D eigenvalue weighted by Gasteiger charge is -2.40. The third-order valence-electron chi connectivity index (χ3n) is 6.79. The molecular weight excluding hydrogens is 270 g/mol. The van der Waals surface area contributed by atoms with E-state index in [4.69, 9.17) is 4.74 Å². The van der Waals surface area contributed by atoms with E-state index >= 15 is 0 Å². The molecule has 3 rings (SSSR count). The van der Waals surface area contributed by atoms with Gasteiger partial charge in [0.15, 0.2) is 0 Å². The maximum atomic E-state index is 6.47. The summed E-state index contributed by atoms with van der Waals surface area (Å²) in [4.78, 5) is 2.21. The van der Waals surface area contributed by atoms with Gasteiger partial charge in [-0.05, 0) is 49.2 Å². The summed E-state index contributed by atoms with van der Waals surface area (Å²) in [5.74, 6) is 1.22. The zero-order chi connectivity index (χ0) is 16.0. The lowest BCUT2D eigenvalue weighted by atomic mass is 9.65. The van der Waals surface area contributed by atoms with Gasteiger partial charge in [0.05, 0.1) is 12.7 Å². The van der Waals surface area contributed by atoms with Crippen molar-refractivity contribution in [3.8, 4) is 0 Å². The van der Waals surface area contributed by atoms with Gasteiger partial charge in [-0.25, -0.2) is 0 Å². The first-order valence-corrected chi connectivity index (χ1v) is 8.69. The molecule has 2 bridgehead atoms. The fourth-order valence-corrected chi connectivity index (χ4v) is 5.09. The molecule has 2 heteroatoms. The Balaban J connectivity index is 1.89. The second-order valence-electron chi connectivity index (χ2n) is 8.31. The Morgan fingerprint density at radius 1 is 1.14 bits per heavy atom. The molecule has 0 amide bonds. The molecule has 0 N–H and O–H groups in total. The first-order valence-electron chi connectivity index (χ1n) is 8.69. The average molecular weight is 301 g/mol. The molecule has 1 aromatic rings. The van der Waals surface area contributed by atoms with Crippen molar-refractivity contribution in [1.82, 2.24) is 4.90 Å². The lowest BCUT2D eigenvalue weighted by Crippen LogP contribution is -2.35. The van der Waals surface area contributed by atoms with E-state index in [0.717, 1.165) is 13.2 Å². The highest BCUT2D eigenvalue weighted by atomic mass is 16.5. The van der Waals surface area contributed by atoms with Gasteiger partial charge < -0.3 is 9.64 Å². The van der Waals surface area contributed by atoms with Crippen LogP contribution >= 0.6 is 0 Å². The van der Waals surface area contributed by atoms with Crippen molar-refractivity contribution in [2.45, 2.75) is 45.6 Å². The van der Waals surface area contributed by atoms with E-state index in [1.165, 1.54) is 18.4 Å². The number of fused-ring (bicyclic) bond motifs is 2. The molecule has 0 spiro atoms. The normalized spacial score (nSPS) is 36.2. The second kappa shape index (κ2) is 5.65. The summed E-state index contributed by atoms with van der Waals surface area (Å²) in [6, 6.07) is 11.1. The van der Waals surface area contributed by atoms with Crippen LogP contribution < -0.4 is 0 Å². The van der Waals surface area contributed by atoms with E-state index in [2.05, 4.69) is 70.1 Å². The summed E-state index contributed by atoms with van der Waals surface area (Å²) < 4.78 is 6.47. The van der Waals surface area contributed by atoms with E-state index in [1.807, 2.05) is 0 Å². The average Bonchev–Trinajstić information content (AvgIpc) is 2.78. The fraction of sp³-hybridized carbons (Fsp3) is 0.700. The van der Waals surface area contributed by atoms with E-state index in [-0.39, 0.29) is 0 Å². The van der Waals surface area contributed by atoms with Crippen molar-refractivity contribution in [3.63, 3.8) is 0 Å². The van der Waals surface area contributed by atoms with Crippen LogP contribution in [0, 0.1) is 16.7 Å². The number of ether oxygens (including phenoxy) is 1. The molecular formula is C20H31NO. The molecule has 0 saturated heterocycles. The Morgan fingerprint density at radius 3 is 2.45 bits per heavy atom. The standard InChI is InChI=1S/C20H31NO/c1-19(2)16-11-12-20(19,3)17(15-9-7-6-8-10-15)18(16)22-14-13-21(4)5/h6-10,16-18H,11-14H2,1-5H3/t16-,17-,18-,20+/m1/s1. The van der Waals surface area contributed by atoms with Gasteiger partial charge >= 0.3 is 0 Å². The minimum absolute atomic E-state index is 0.349. The van der Waals surface area contributed by atoms with Gasteiger partial charge in [-0.3, -0.25) is 0 Å². The van der Waals surface area contributed by atoms with Crippen LogP contribution in [0.2, 0.25) is 0 Å². The zero-order valence-corrected chi connectivity index (χ0v) is 14.8. The molecule has 2 aliphatic rings. The molecule has 0 radical (unpaired) electrons. The summed E-state index contributed by atoms with van der Waals surface area (Å²) in [5, 5.41) is 0. The smallest absolute Gasteiger partial charge is 0.0683 e. The van der Waals surface area contributed by atoms with Gasteiger partial charge in [-0.1, -0.05) is 51.1 Å². The van der Waals surface area contributed by atoms with Gasteiger partial charge in [-0.2, -0.15) is 0 Å². The maximum absolute atomic E-state index is 6.47. The molecule has 0 unspecified atom stereocenters. The zero-order valence-electron chi connectivity index (χ0n) is 14.8. The molecule has 122 valence electrons. The molecule has 2 nitrogen and oxygen atoms in total. The molecule has 2 aliphatic carbocycles. The number of nitrogens with zero attached hydrogens (tertiary/aromatic N) is 1. The second-order valence-corrected chi connectivity index (χ2v) is 8.31. The Hall–Kier alpha value is -0.860. The highest BCUT2D eigenvalue weighted by Gasteiger charge is 2.66. The number of rotatable bonds is 5. The van der Waals surface area contributed by atoms with Crippen LogP contribution in [0.15, 0.2) is 30.3 Å². The summed E-state index contributed by atoms with van der Waals surface area (Å²) in [6.07, 6.45) is 3.02. The predicted molar refractivity (Wildman–Crippen MR) is 92.1 cm³/mol. The molecule has 4 atom stereocenters. The predicted octanol–water partition coefficient (Wildman–Crippen LogP) is 4.17. The van der Waals surface area contributed by atoms with Gasteiger partial charge in [0, 0.05) is 12.5 Å². The van der Waals surface area contributed by atoms with Crippen molar-refractivity contribution in [2.75, 3.05) is 27.2 Å². The van der Waals surface area contributed by atoms with Crippen LogP contribution in [0.4, 0.5) is 0 Å². The molecule has 0 aromatic heterocycles. The number of hydrogen-bond acceptors (Lipinski definition) is 2. The summed E-state index contributed by atoms with van der Waals surface area (Å²) >= 11 is 0. The topological polar surface area (TPSA) is 12.5 Å². The maximum Gasteiger partial charge on any atom is 0.0683 e. The molecule has 1 aromatic carbocycles. The molecule has 2 fully saturated rings. The molecule has 2 saturated carbocycles. The Labute approximate surface area is 135 Å². The first-order chi connectivity index (χ1) is 10.4. The van der Waals surface area contributed by atoms with Crippen molar-refractivity contribution >= 4 is 0 Å². The van der Waals surface area contributed by atoms with E-state index in [1.54, 1.807) is 0 Å². The van der Waals surface area contributed by atoms with Crippen molar-refractivity contribution < 1.29 is 4.74 Å². The third-order valence-corrected chi connectivity index (χ3v) is 6.79. The quantitative estimate of drug-likeness (QED) is 0.809. The Bertz CT molecular complexity index is 510. The van der Waals surface area contributed by atoms with Crippen molar-refractivity contribution in [2.24, 2.45) is 16.7 Å². The van der Waals surface area contributed by atoms with Crippen LogP contribution in [-0.4, -0.2) is 38.3 Å². The molecule has 0 heterocycles.